The quantitative estimate of drug-likeness (QED) is 0.446. The Kier molecular flexibility index (Phi) is 7.92. The second-order valence-electron chi connectivity index (χ2n) is 6.27. The Hall–Kier alpha value is -2.57. The minimum Gasteiger partial charge on any atom is -0.469 e. The zero-order valence-corrected chi connectivity index (χ0v) is 15.5. The number of benzene rings is 1. The van der Waals surface area contributed by atoms with Gasteiger partial charge in [-0.1, -0.05) is 30.3 Å². The first-order valence-electron chi connectivity index (χ1n) is 8.98. The minimum atomic E-state index is -0.148. The molecule has 1 fully saturated rings. The van der Waals surface area contributed by atoms with Crippen LogP contribution in [0.25, 0.3) is 0 Å². The second-order valence-corrected chi connectivity index (χ2v) is 6.27. The van der Waals surface area contributed by atoms with Crippen LogP contribution in [0.15, 0.2) is 35.3 Å². The van der Waals surface area contributed by atoms with Crippen molar-refractivity contribution in [2.75, 3.05) is 40.3 Å². The van der Waals surface area contributed by atoms with E-state index in [1.165, 1.54) is 12.7 Å². The van der Waals surface area contributed by atoms with E-state index in [1.807, 2.05) is 30.3 Å². The molecule has 7 nitrogen and oxygen atoms in total. The van der Waals surface area contributed by atoms with Crippen LogP contribution < -0.4 is 10.6 Å². The number of methoxy groups -OCH3 is 1. The molecule has 1 aromatic carbocycles. The maximum absolute atomic E-state index is 12.0. The number of likely N-dealkylation sites (tertiary alicyclic amines) is 1. The summed E-state index contributed by atoms with van der Waals surface area (Å²) in [7, 11) is 3.12. The van der Waals surface area contributed by atoms with Crippen LogP contribution in [0.5, 0.6) is 0 Å². The van der Waals surface area contributed by atoms with Gasteiger partial charge in [0.25, 0.3) is 0 Å². The van der Waals surface area contributed by atoms with Crippen molar-refractivity contribution in [3.8, 4) is 0 Å². The Balaban J connectivity index is 1.68. The van der Waals surface area contributed by atoms with E-state index in [0.29, 0.717) is 12.5 Å². The lowest BCUT2D eigenvalue weighted by molar-refractivity contribution is -0.146. The Morgan fingerprint density at radius 2 is 1.88 bits per heavy atom. The summed E-state index contributed by atoms with van der Waals surface area (Å²) in [6.07, 6.45) is 2.27. The molecule has 1 saturated heterocycles. The number of nitrogens with one attached hydrogen (secondary N) is 2. The molecule has 0 saturated carbocycles. The van der Waals surface area contributed by atoms with E-state index in [0.717, 1.165) is 32.4 Å². The van der Waals surface area contributed by atoms with Gasteiger partial charge in [0.15, 0.2) is 5.96 Å². The lowest BCUT2D eigenvalue weighted by Gasteiger charge is -2.33. The second kappa shape index (κ2) is 10.4. The molecule has 2 rings (SSSR count). The average Bonchev–Trinajstić information content (AvgIpc) is 2.69. The van der Waals surface area contributed by atoms with Crippen LogP contribution in [0.3, 0.4) is 0 Å². The Morgan fingerprint density at radius 1 is 1.19 bits per heavy atom. The van der Waals surface area contributed by atoms with E-state index >= 15 is 0 Å². The van der Waals surface area contributed by atoms with Gasteiger partial charge >= 0.3 is 5.97 Å². The summed E-state index contributed by atoms with van der Waals surface area (Å²) in [5, 5.41) is 6.00. The van der Waals surface area contributed by atoms with Crippen LogP contribution in [-0.2, 0) is 20.7 Å². The topological polar surface area (TPSA) is 83.0 Å². The van der Waals surface area contributed by atoms with E-state index in [1.54, 1.807) is 7.05 Å². The first-order chi connectivity index (χ1) is 12.6. The maximum atomic E-state index is 12.0. The summed E-state index contributed by atoms with van der Waals surface area (Å²) in [4.78, 5) is 29.9. The third-order valence-electron chi connectivity index (χ3n) is 4.53. The number of aliphatic imine (C=N–C) groups is 1. The van der Waals surface area contributed by atoms with Gasteiger partial charge in [-0.2, -0.15) is 0 Å². The van der Waals surface area contributed by atoms with Crippen LogP contribution in [0.4, 0.5) is 0 Å². The predicted octanol–water partition coefficient (Wildman–Crippen LogP) is 0.806. The van der Waals surface area contributed by atoms with Crippen molar-refractivity contribution in [2.24, 2.45) is 10.9 Å². The number of esters is 1. The molecule has 0 aliphatic carbocycles. The molecule has 26 heavy (non-hydrogen) atoms. The van der Waals surface area contributed by atoms with Gasteiger partial charge in [-0.25, -0.2) is 0 Å². The van der Waals surface area contributed by atoms with Gasteiger partial charge < -0.3 is 20.3 Å². The number of ether oxygens (including phenoxy) is 1. The Bertz CT molecular complexity index is 610. The molecule has 142 valence electrons. The molecule has 0 atom stereocenters. The average molecular weight is 360 g/mol. The molecule has 7 heteroatoms. The van der Waals surface area contributed by atoms with Crippen molar-refractivity contribution in [1.82, 2.24) is 15.5 Å². The summed E-state index contributed by atoms with van der Waals surface area (Å²) in [6.45, 7) is 2.22. The highest BCUT2D eigenvalue weighted by atomic mass is 16.5. The van der Waals surface area contributed by atoms with E-state index in [-0.39, 0.29) is 24.3 Å². The third-order valence-corrected chi connectivity index (χ3v) is 4.53. The third kappa shape index (κ3) is 6.06. The Labute approximate surface area is 154 Å². The normalized spacial score (nSPS) is 15.5. The lowest BCUT2D eigenvalue weighted by atomic mass is 9.97. The highest BCUT2D eigenvalue weighted by Gasteiger charge is 2.27. The molecule has 1 heterocycles. The first-order valence-corrected chi connectivity index (χ1v) is 8.98. The minimum absolute atomic E-state index is 0.0457. The fraction of sp³-hybridized carbons (Fsp3) is 0.526. The van der Waals surface area contributed by atoms with Crippen LogP contribution in [0.1, 0.15) is 18.4 Å². The number of guanidine groups is 1. The molecular weight excluding hydrogens is 332 g/mol. The molecule has 1 amide bonds. The summed E-state index contributed by atoms with van der Waals surface area (Å²) in [5.41, 5.74) is 1.20. The van der Waals surface area contributed by atoms with Gasteiger partial charge in [0.1, 0.15) is 0 Å². The number of hydrogen-bond donors (Lipinski definition) is 2. The van der Waals surface area contributed by atoms with E-state index < -0.39 is 0 Å². The van der Waals surface area contributed by atoms with Crippen molar-refractivity contribution in [3.63, 3.8) is 0 Å². The Morgan fingerprint density at radius 3 is 2.50 bits per heavy atom. The summed E-state index contributed by atoms with van der Waals surface area (Å²) >= 11 is 0. The molecular formula is C19H28N4O3. The summed E-state index contributed by atoms with van der Waals surface area (Å²) in [6, 6.07) is 10.1. The maximum Gasteiger partial charge on any atom is 0.308 e. The molecule has 1 aromatic rings. The highest BCUT2D eigenvalue weighted by molar-refractivity contribution is 5.86. The largest absolute Gasteiger partial charge is 0.469 e. The number of carbonyl (C=O) groups is 2. The van der Waals surface area contributed by atoms with Gasteiger partial charge in [0, 0.05) is 26.7 Å². The van der Waals surface area contributed by atoms with Crippen LogP contribution in [0.2, 0.25) is 0 Å². The molecule has 1 aliphatic rings. The summed E-state index contributed by atoms with van der Waals surface area (Å²) in [5.74, 6) is 0.430. The molecule has 0 radical (unpaired) electrons. The van der Waals surface area contributed by atoms with Gasteiger partial charge in [-0.15, -0.1) is 0 Å². The molecule has 0 spiro atoms. The van der Waals surface area contributed by atoms with Crippen LogP contribution in [-0.4, -0.2) is 63.1 Å². The van der Waals surface area contributed by atoms with Gasteiger partial charge in [-0.3, -0.25) is 14.6 Å². The smallest absolute Gasteiger partial charge is 0.308 e. The van der Waals surface area contributed by atoms with Crippen molar-refractivity contribution in [1.29, 1.82) is 0 Å². The van der Waals surface area contributed by atoms with Crippen molar-refractivity contribution < 1.29 is 14.3 Å². The standard InChI is InChI=1S/C19H28N4O3/c1-20-19(23-12-9-16(10-13-23)18(25)26-2)22-14-17(24)21-11-8-15-6-4-3-5-7-15/h3-7,16H,8-14H2,1-2H3,(H,20,22)(H,21,24). The zero-order valence-electron chi connectivity index (χ0n) is 15.5. The van der Waals surface area contributed by atoms with Gasteiger partial charge in [-0.05, 0) is 24.8 Å². The predicted molar refractivity (Wildman–Crippen MR) is 101 cm³/mol. The molecule has 0 bridgehead atoms. The van der Waals surface area contributed by atoms with Gasteiger partial charge in [0.05, 0.1) is 19.6 Å². The number of hydrogen-bond acceptors (Lipinski definition) is 4. The van der Waals surface area contributed by atoms with Crippen molar-refractivity contribution >= 4 is 17.8 Å². The molecule has 1 aliphatic heterocycles. The van der Waals surface area contributed by atoms with E-state index in [4.69, 9.17) is 4.74 Å². The summed E-state index contributed by atoms with van der Waals surface area (Å²) < 4.78 is 4.80. The van der Waals surface area contributed by atoms with Crippen LogP contribution >= 0.6 is 0 Å². The number of rotatable bonds is 6. The zero-order chi connectivity index (χ0) is 18.8. The molecule has 0 unspecified atom stereocenters. The number of amides is 1. The number of piperidine rings is 1. The molecule has 2 N–H and O–H groups in total. The number of nitrogens with zero attached hydrogens (tertiary/aromatic N) is 2. The van der Waals surface area contributed by atoms with E-state index in [9.17, 15) is 9.59 Å². The SMILES string of the molecule is CN=C(NCC(=O)NCCc1ccccc1)N1CCC(C(=O)OC)CC1. The van der Waals surface area contributed by atoms with Crippen molar-refractivity contribution in [3.05, 3.63) is 35.9 Å². The van der Waals surface area contributed by atoms with Gasteiger partial charge in [0.2, 0.25) is 5.91 Å². The van der Waals surface area contributed by atoms with Crippen molar-refractivity contribution in [2.45, 2.75) is 19.3 Å². The lowest BCUT2D eigenvalue weighted by Crippen LogP contribution is -2.49. The first kappa shape index (κ1) is 19.8. The fourth-order valence-corrected chi connectivity index (χ4v) is 3.04. The highest BCUT2D eigenvalue weighted by Crippen LogP contribution is 2.18. The van der Waals surface area contributed by atoms with Crippen LogP contribution in [0, 0.1) is 5.92 Å². The molecule has 0 aromatic heterocycles. The number of carbonyl (C=O) groups excluding carboxylic acids is 2. The van der Waals surface area contributed by atoms with E-state index in [2.05, 4.69) is 20.5 Å². The fourth-order valence-electron chi connectivity index (χ4n) is 3.04. The monoisotopic (exact) mass is 360 g/mol.